The molecule has 2 aliphatic carbocycles. The zero-order chi connectivity index (χ0) is 8.55. The van der Waals surface area contributed by atoms with E-state index >= 15 is 0 Å². The average molecular weight is 169 g/mol. The minimum atomic E-state index is 0.304. The quantitative estimate of drug-likeness (QED) is 0.677. The molecule has 2 nitrogen and oxygen atoms in total. The maximum atomic E-state index is 8.73. The lowest BCUT2D eigenvalue weighted by Crippen LogP contribution is -2.25. The van der Waals surface area contributed by atoms with Crippen LogP contribution in [-0.2, 0) is 0 Å². The van der Waals surface area contributed by atoms with Gasteiger partial charge in [0.2, 0.25) is 0 Å². The van der Waals surface area contributed by atoms with Gasteiger partial charge in [-0.15, -0.1) is 0 Å². The van der Waals surface area contributed by atoms with Crippen molar-refractivity contribution in [1.82, 2.24) is 4.90 Å². The lowest BCUT2D eigenvalue weighted by atomic mass is 10.1. The Hall–Kier alpha value is -0.0800. The van der Waals surface area contributed by atoms with E-state index in [9.17, 15) is 0 Å². The maximum Gasteiger partial charge on any atom is 0.0558 e. The molecule has 0 spiro atoms. The van der Waals surface area contributed by atoms with E-state index in [0.717, 1.165) is 24.3 Å². The largest absolute Gasteiger partial charge is 0.395 e. The van der Waals surface area contributed by atoms with Gasteiger partial charge >= 0.3 is 0 Å². The highest BCUT2D eigenvalue weighted by molar-refractivity contribution is 5.01. The molecule has 0 aromatic rings. The third-order valence-electron chi connectivity index (χ3n) is 3.59. The zero-order valence-corrected chi connectivity index (χ0v) is 7.87. The Morgan fingerprint density at radius 1 is 1.33 bits per heavy atom. The fourth-order valence-electron chi connectivity index (χ4n) is 2.86. The van der Waals surface area contributed by atoms with Crippen LogP contribution in [-0.4, -0.2) is 36.8 Å². The first-order valence-electron chi connectivity index (χ1n) is 5.12. The number of aliphatic hydroxyl groups is 1. The lowest BCUT2D eigenvalue weighted by molar-refractivity contribution is 0.212. The first-order chi connectivity index (χ1) is 5.83. The van der Waals surface area contributed by atoms with Crippen molar-refractivity contribution in [3.8, 4) is 0 Å². The summed E-state index contributed by atoms with van der Waals surface area (Å²) in [6, 6.07) is 0. The third kappa shape index (κ3) is 1.50. The van der Waals surface area contributed by atoms with E-state index in [1.54, 1.807) is 0 Å². The number of hydrogen-bond donors (Lipinski definition) is 1. The monoisotopic (exact) mass is 169 g/mol. The Kier molecular flexibility index (Phi) is 2.37. The summed E-state index contributed by atoms with van der Waals surface area (Å²) in [4.78, 5) is 2.27. The highest BCUT2D eigenvalue weighted by Crippen LogP contribution is 2.57. The number of rotatable bonds is 4. The van der Waals surface area contributed by atoms with Gasteiger partial charge in [-0.3, -0.25) is 0 Å². The zero-order valence-electron chi connectivity index (χ0n) is 7.87. The average Bonchev–Trinajstić information content (AvgIpc) is 2.51. The molecule has 2 heteroatoms. The Morgan fingerprint density at radius 2 is 2.00 bits per heavy atom. The van der Waals surface area contributed by atoms with E-state index < -0.39 is 0 Å². The standard InChI is InChI=1S/C10H19NO/c1-11(5-6-12)7-10-8-3-2-4-9(8)10/h8-10,12H,2-7H2,1H3. The molecule has 0 heterocycles. The molecule has 12 heavy (non-hydrogen) atoms. The van der Waals surface area contributed by atoms with Gasteiger partial charge in [0.15, 0.2) is 0 Å². The van der Waals surface area contributed by atoms with Crippen LogP contribution in [0, 0.1) is 17.8 Å². The number of fused-ring (bicyclic) bond motifs is 1. The van der Waals surface area contributed by atoms with Gasteiger partial charge < -0.3 is 10.0 Å². The maximum absolute atomic E-state index is 8.73. The highest BCUT2D eigenvalue weighted by Gasteiger charge is 2.52. The topological polar surface area (TPSA) is 23.5 Å². The van der Waals surface area contributed by atoms with Crippen molar-refractivity contribution >= 4 is 0 Å². The summed E-state index contributed by atoms with van der Waals surface area (Å²) in [5.74, 6) is 3.10. The van der Waals surface area contributed by atoms with Gasteiger partial charge in [0.25, 0.3) is 0 Å². The minimum absolute atomic E-state index is 0.304. The molecule has 0 radical (unpaired) electrons. The van der Waals surface area contributed by atoms with E-state index in [1.807, 2.05) is 0 Å². The van der Waals surface area contributed by atoms with Crippen molar-refractivity contribution in [2.75, 3.05) is 26.7 Å². The molecule has 0 aromatic heterocycles. The van der Waals surface area contributed by atoms with Crippen LogP contribution in [0.2, 0.25) is 0 Å². The molecule has 0 bridgehead atoms. The van der Waals surface area contributed by atoms with Crippen molar-refractivity contribution in [2.45, 2.75) is 19.3 Å². The number of likely N-dealkylation sites (N-methyl/N-ethyl adjacent to an activating group) is 1. The SMILES string of the molecule is CN(CCO)CC1C2CCCC21. The summed E-state index contributed by atoms with van der Waals surface area (Å²) in [6.07, 6.45) is 4.42. The van der Waals surface area contributed by atoms with Crippen LogP contribution in [0.1, 0.15) is 19.3 Å². The molecule has 70 valence electrons. The number of nitrogens with zero attached hydrogens (tertiary/aromatic N) is 1. The van der Waals surface area contributed by atoms with Gasteiger partial charge in [0.05, 0.1) is 6.61 Å². The molecular formula is C10H19NO. The van der Waals surface area contributed by atoms with Gasteiger partial charge in [-0.05, 0) is 37.6 Å². The molecule has 2 fully saturated rings. The molecule has 0 amide bonds. The molecular weight excluding hydrogens is 150 g/mol. The van der Waals surface area contributed by atoms with Crippen LogP contribution in [0.25, 0.3) is 0 Å². The molecule has 0 aromatic carbocycles. The van der Waals surface area contributed by atoms with Crippen molar-refractivity contribution in [2.24, 2.45) is 17.8 Å². The molecule has 2 saturated carbocycles. The minimum Gasteiger partial charge on any atom is -0.395 e. The van der Waals surface area contributed by atoms with Gasteiger partial charge in [0, 0.05) is 13.1 Å². The van der Waals surface area contributed by atoms with Crippen molar-refractivity contribution in [3.63, 3.8) is 0 Å². The summed E-state index contributed by atoms with van der Waals surface area (Å²) >= 11 is 0. The van der Waals surface area contributed by atoms with E-state index in [4.69, 9.17) is 5.11 Å². The predicted octanol–water partition coefficient (Wildman–Crippen LogP) is 0.957. The van der Waals surface area contributed by atoms with Crippen molar-refractivity contribution in [3.05, 3.63) is 0 Å². The first-order valence-corrected chi connectivity index (χ1v) is 5.12. The molecule has 2 atom stereocenters. The van der Waals surface area contributed by atoms with E-state index in [1.165, 1.54) is 25.8 Å². The second-order valence-corrected chi connectivity index (χ2v) is 4.41. The molecule has 2 aliphatic rings. The van der Waals surface area contributed by atoms with Crippen LogP contribution in [0.5, 0.6) is 0 Å². The van der Waals surface area contributed by atoms with Gasteiger partial charge in [-0.25, -0.2) is 0 Å². The molecule has 1 N–H and O–H groups in total. The highest BCUT2D eigenvalue weighted by atomic mass is 16.3. The molecule has 2 unspecified atom stereocenters. The Bertz CT molecular complexity index is 150. The summed E-state index contributed by atoms with van der Waals surface area (Å²) in [5.41, 5.74) is 0. The Morgan fingerprint density at radius 3 is 2.58 bits per heavy atom. The molecule has 0 aliphatic heterocycles. The predicted molar refractivity (Wildman–Crippen MR) is 48.9 cm³/mol. The molecule has 0 saturated heterocycles. The molecule has 2 rings (SSSR count). The Labute approximate surface area is 74.6 Å². The van der Waals surface area contributed by atoms with Crippen molar-refractivity contribution < 1.29 is 5.11 Å². The summed E-state index contributed by atoms with van der Waals surface area (Å²) in [6.45, 7) is 2.37. The van der Waals surface area contributed by atoms with Crippen LogP contribution >= 0.6 is 0 Å². The Balaban J connectivity index is 1.68. The second kappa shape index (κ2) is 3.35. The van der Waals surface area contributed by atoms with Crippen LogP contribution in [0.3, 0.4) is 0 Å². The normalized spacial score (nSPS) is 38.8. The second-order valence-electron chi connectivity index (χ2n) is 4.41. The summed E-state index contributed by atoms with van der Waals surface area (Å²) in [7, 11) is 2.12. The number of hydrogen-bond acceptors (Lipinski definition) is 2. The van der Waals surface area contributed by atoms with Gasteiger partial charge in [0.1, 0.15) is 0 Å². The van der Waals surface area contributed by atoms with Crippen molar-refractivity contribution in [1.29, 1.82) is 0 Å². The van der Waals surface area contributed by atoms with Gasteiger partial charge in [-0.2, -0.15) is 0 Å². The lowest BCUT2D eigenvalue weighted by Gasteiger charge is -2.15. The van der Waals surface area contributed by atoms with E-state index in [0.29, 0.717) is 6.61 Å². The van der Waals surface area contributed by atoms with E-state index in [-0.39, 0.29) is 0 Å². The number of aliphatic hydroxyl groups excluding tert-OH is 1. The smallest absolute Gasteiger partial charge is 0.0558 e. The third-order valence-corrected chi connectivity index (χ3v) is 3.59. The van der Waals surface area contributed by atoms with Crippen LogP contribution < -0.4 is 0 Å². The fourth-order valence-corrected chi connectivity index (χ4v) is 2.86. The summed E-state index contributed by atoms with van der Waals surface area (Å²) < 4.78 is 0. The van der Waals surface area contributed by atoms with Crippen LogP contribution in [0.15, 0.2) is 0 Å². The van der Waals surface area contributed by atoms with Gasteiger partial charge in [-0.1, -0.05) is 6.42 Å². The summed E-state index contributed by atoms with van der Waals surface area (Å²) in [5, 5.41) is 8.73. The van der Waals surface area contributed by atoms with Crippen LogP contribution in [0.4, 0.5) is 0 Å². The first kappa shape index (κ1) is 8.52. The van der Waals surface area contributed by atoms with E-state index in [2.05, 4.69) is 11.9 Å². The fraction of sp³-hybridized carbons (Fsp3) is 1.00.